The van der Waals surface area contributed by atoms with Gasteiger partial charge in [-0.3, -0.25) is 0 Å². The minimum atomic E-state index is 0.637. The van der Waals surface area contributed by atoms with Gasteiger partial charge in [0.05, 0.1) is 0 Å². The number of nitrogens with zero attached hydrogens (tertiary/aromatic N) is 4. The van der Waals surface area contributed by atoms with Crippen molar-refractivity contribution in [3.8, 4) is 11.4 Å². The van der Waals surface area contributed by atoms with Crippen molar-refractivity contribution in [3.63, 3.8) is 0 Å². The van der Waals surface area contributed by atoms with Crippen molar-refractivity contribution in [1.82, 2.24) is 20.2 Å². The Bertz CT molecular complexity index is 609. The number of tetrazole rings is 1. The van der Waals surface area contributed by atoms with Crippen LogP contribution in [0.5, 0.6) is 0 Å². The van der Waals surface area contributed by atoms with E-state index in [1.807, 2.05) is 10.7 Å². The molecule has 2 aromatic rings. The largest absolute Gasteiger partial charge is 0.398 e. The number of hydrogen-bond donors (Lipinski definition) is 1. The van der Waals surface area contributed by atoms with E-state index < -0.39 is 0 Å². The number of rotatable bonds is 3. The summed E-state index contributed by atoms with van der Waals surface area (Å²) in [7, 11) is 0. The van der Waals surface area contributed by atoms with Gasteiger partial charge < -0.3 is 5.73 Å². The van der Waals surface area contributed by atoms with Gasteiger partial charge in [0.2, 0.25) is 0 Å². The molecule has 0 amide bonds. The third-order valence-electron chi connectivity index (χ3n) is 4.02. The van der Waals surface area contributed by atoms with Gasteiger partial charge in [0.15, 0.2) is 5.82 Å². The molecule has 1 aliphatic rings. The zero-order valence-corrected chi connectivity index (χ0v) is 12.2. The molecule has 3 rings (SSSR count). The predicted octanol–water partition coefficient (Wildman–Crippen LogP) is 3.01. The first-order chi connectivity index (χ1) is 9.63. The molecule has 106 valence electrons. The molecule has 0 saturated heterocycles. The van der Waals surface area contributed by atoms with Gasteiger partial charge >= 0.3 is 0 Å². The Labute approximate surface area is 123 Å². The summed E-state index contributed by atoms with van der Waals surface area (Å²) < 4.78 is 1.85. The molecule has 1 heterocycles. The molecule has 1 aromatic heterocycles. The first-order valence-corrected chi connectivity index (χ1v) is 7.33. The lowest BCUT2D eigenvalue weighted by atomic mass is 10.1. The minimum absolute atomic E-state index is 0.637. The first-order valence-electron chi connectivity index (χ1n) is 6.95. The van der Waals surface area contributed by atoms with Gasteiger partial charge in [-0.25, -0.2) is 4.68 Å². The second-order valence-corrected chi connectivity index (χ2v) is 6.14. The van der Waals surface area contributed by atoms with Crippen molar-refractivity contribution in [1.29, 1.82) is 0 Å². The van der Waals surface area contributed by atoms with Crippen molar-refractivity contribution < 1.29 is 0 Å². The van der Waals surface area contributed by atoms with Crippen molar-refractivity contribution in [3.05, 3.63) is 23.2 Å². The lowest BCUT2D eigenvalue weighted by Crippen LogP contribution is -2.11. The van der Waals surface area contributed by atoms with Crippen LogP contribution >= 0.6 is 11.6 Å². The molecule has 2 atom stereocenters. The molecule has 0 bridgehead atoms. The van der Waals surface area contributed by atoms with Crippen LogP contribution in [0, 0.1) is 11.8 Å². The maximum absolute atomic E-state index is 6.04. The third-order valence-corrected chi connectivity index (χ3v) is 4.26. The average molecular weight is 292 g/mol. The Hall–Kier alpha value is -1.62. The maximum Gasteiger partial charge on any atom is 0.184 e. The van der Waals surface area contributed by atoms with E-state index in [9.17, 15) is 0 Å². The molecule has 1 saturated carbocycles. The number of halogens is 1. The van der Waals surface area contributed by atoms with Crippen molar-refractivity contribution in [2.75, 3.05) is 5.73 Å². The summed E-state index contributed by atoms with van der Waals surface area (Å²) in [5.74, 6) is 2.15. The molecule has 20 heavy (non-hydrogen) atoms. The molecular formula is C14H18ClN5. The summed E-state index contributed by atoms with van der Waals surface area (Å²) >= 11 is 6.04. The summed E-state index contributed by atoms with van der Waals surface area (Å²) in [6.07, 6.45) is 3.78. The first kappa shape index (κ1) is 13.4. The smallest absolute Gasteiger partial charge is 0.184 e. The number of benzene rings is 1. The summed E-state index contributed by atoms with van der Waals surface area (Å²) in [6.45, 7) is 3.15. The Morgan fingerprint density at radius 1 is 1.40 bits per heavy atom. The Balaban J connectivity index is 1.88. The van der Waals surface area contributed by atoms with Gasteiger partial charge in [-0.15, -0.1) is 5.10 Å². The summed E-state index contributed by atoms with van der Waals surface area (Å²) in [5.41, 5.74) is 7.46. The second-order valence-electron chi connectivity index (χ2n) is 5.70. The van der Waals surface area contributed by atoms with E-state index in [0.717, 1.165) is 18.0 Å². The van der Waals surface area contributed by atoms with Gasteiger partial charge in [0, 0.05) is 22.8 Å². The topological polar surface area (TPSA) is 69.6 Å². The van der Waals surface area contributed by atoms with E-state index in [2.05, 4.69) is 22.4 Å². The monoisotopic (exact) mass is 291 g/mol. The third kappa shape index (κ3) is 2.63. The van der Waals surface area contributed by atoms with Crippen LogP contribution < -0.4 is 5.73 Å². The van der Waals surface area contributed by atoms with E-state index >= 15 is 0 Å². The van der Waals surface area contributed by atoms with Crippen molar-refractivity contribution in [2.45, 2.75) is 32.7 Å². The number of anilines is 1. The normalized spacial score (nSPS) is 22.3. The fourth-order valence-corrected chi connectivity index (χ4v) is 3.15. The van der Waals surface area contributed by atoms with Crippen LogP contribution in [0.4, 0.5) is 5.69 Å². The summed E-state index contributed by atoms with van der Waals surface area (Å²) in [5, 5.41) is 12.7. The SMILES string of the molecule is CC1CCC(Cn2nnnc2-c2cc(Cl)ccc2N)C1. The van der Waals surface area contributed by atoms with Gasteiger partial charge in [-0.2, -0.15) is 0 Å². The predicted molar refractivity (Wildman–Crippen MR) is 79.2 cm³/mol. The highest BCUT2D eigenvalue weighted by Crippen LogP contribution is 2.33. The summed E-state index contributed by atoms with van der Waals surface area (Å²) in [4.78, 5) is 0. The van der Waals surface area contributed by atoms with Crippen LogP contribution in [-0.2, 0) is 6.54 Å². The minimum Gasteiger partial charge on any atom is -0.398 e. The standard InChI is InChI=1S/C14H18ClN5/c1-9-2-3-10(6-9)8-20-14(17-18-19-20)12-7-11(15)4-5-13(12)16/h4-5,7,9-10H,2-3,6,8,16H2,1H3. The van der Waals surface area contributed by atoms with Crippen LogP contribution in [0.2, 0.25) is 5.02 Å². The quantitative estimate of drug-likeness (QED) is 0.883. The van der Waals surface area contributed by atoms with Gasteiger partial charge in [-0.05, 0) is 53.3 Å². The average Bonchev–Trinajstić information content (AvgIpc) is 3.02. The fraction of sp³-hybridized carbons (Fsp3) is 0.500. The van der Waals surface area contributed by atoms with Gasteiger partial charge in [-0.1, -0.05) is 24.9 Å². The molecule has 2 unspecified atom stereocenters. The van der Waals surface area contributed by atoms with Crippen LogP contribution in [0.3, 0.4) is 0 Å². The van der Waals surface area contributed by atoms with Crippen LogP contribution in [0.25, 0.3) is 11.4 Å². The van der Waals surface area contributed by atoms with E-state index in [0.29, 0.717) is 22.5 Å². The highest BCUT2D eigenvalue weighted by molar-refractivity contribution is 6.31. The van der Waals surface area contributed by atoms with Gasteiger partial charge in [0.25, 0.3) is 0 Å². The number of hydrogen-bond acceptors (Lipinski definition) is 4. The molecule has 5 nitrogen and oxygen atoms in total. The molecule has 0 radical (unpaired) electrons. The molecule has 1 aromatic carbocycles. The lowest BCUT2D eigenvalue weighted by Gasteiger charge is -2.11. The summed E-state index contributed by atoms with van der Waals surface area (Å²) in [6, 6.07) is 5.37. The molecule has 1 aliphatic carbocycles. The lowest BCUT2D eigenvalue weighted by molar-refractivity contribution is 0.412. The Kier molecular flexibility index (Phi) is 3.61. The van der Waals surface area contributed by atoms with Crippen LogP contribution in [-0.4, -0.2) is 20.2 Å². The second kappa shape index (κ2) is 5.40. The zero-order chi connectivity index (χ0) is 14.1. The molecule has 0 aliphatic heterocycles. The van der Waals surface area contributed by atoms with Crippen molar-refractivity contribution >= 4 is 17.3 Å². The Morgan fingerprint density at radius 2 is 2.25 bits per heavy atom. The van der Waals surface area contributed by atoms with Crippen LogP contribution in [0.15, 0.2) is 18.2 Å². The highest BCUT2D eigenvalue weighted by atomic mass is 35.5. The maximum atomic E-state index is 6.04. The van der Waals surface area contributed by atoms with E-state index in [1.54, 1.807) is 12.1 Å². The zero-order valence-electron chi connectivity index (χ0n) is 11.5. The highest BCUT2D eigenvalue weighted by Gasteiger charge is 2.23. The number of nitrogen functional groups attached to an aromatic ring is 1. The van der Waals surface area contributed by atoms with Crippen molar-refractivity contribution in [2.24, 2.45) is 11.8 Å². The number of nitrogens with two attached hydrogens (primary N) is 1. The van der Waals surface area contributed by atoms with Gasteiger partial charge in [0.1, 0.15) is 0 Å². The molecule has 6 heteroatoms. The van der Waals surface area contributed by atoms with E-state index in [1.165, 1.54) is 19.3 Å². The van der Waals surface area contributed by atoms with E-state index in [4.69, 9.17) is 17.3 Å². The molecule has 2 N–H and O–H groups in total. The fourth-order valence-electron chi connectivity index (χ4n) is 2.98. The van der Waals surface area contributed by atoms with Crippen LogP contribution in [0.1, 0.15) is 26.2 Å². The Morgan fingerprint density at radius 3 is 3.00 bits per heavy atom. The molecule has 1 fully saturated rings. The number of aromatic nitrogens is 4. The molecule has 0 spiro atoms. The van der Waals surface area contributed by atoms with E-state index in [-0.39, 0.29) is 0 Å². The molecular weight excluding hydrogens is 274 g/mol.